The van der Waals surface area contributed by atoms with Crippen molar-refractivity contribution in [2.24, 2.45) is 0 Å². The van der Waals surface area contributed by atoms with Crippen molar-refractivity contribution in [1.29, 1.82) is 0 Å². The van der Waals surface area contributed by atoms with Crippen molar-refractivity contribution in [3.05, 3.63) is 174 Å². The Labute approximate surface area is 404 Å². The molecule has 364 valence electrons. The van der Waals surface area contributed by atoms with E-state index in [1.54, 1.807) is 38.5 Å². The molecule has 0 saturated carbocycles. The molecule has 0 bridgehead atoms. The Morgan fingerprint density at radius 2 is 0.814 bits per heavy atom. The monoisotopic (exact) mass is 986 g/mol. The van der Waals surface area contributed by atoms with Crippen LogP contribution in [0, 0.1) is 0 Å². The smallest absolute Gasteiger partial charge is 0.332 e. The van der Waals surface area contributed by atoms with Crippen LogP contribution in [0.25, 0.3) is 55.2 Å². The van der Waals surface area contributed by atoms with Gasteiger partial charge in [0.25, 0.3) is 11.1 Å². The zero-order chi connectivity index (χ0) is 51.1. The highest BCUT2D eigenvalue weighted by Gasteiger charge is 2.26. The number of aromatic amines is 2. The standard InChI is InChI=1S/2C26H27N3O5S/c2*1-26(2,3)22-15-20(29-11-10-23(30)27-25(29)31)14-21(24(22)34-4)18-7-6-17-13-19(28-35(5,32)33)9-8-16(17)12-18/h2*6-15,28H,1-5H3,(H,27,30,31). The van der Waals surface area contributed by atoms with E-state index in [2.05, 4.69) is 61.0 Å². The SMILES string of the molecule is COc1c(-c2ccc3cc(NS(C)(=O)=O)ccc3c2)cc(-n2ccc(=O)[nH]c2=O)cc1C(C)(C)C.COc1c(-c2ccc3cc(NS(C)(=O)=O)ccc3c2)cc(-n2ccc(=O)[nH]c2=O)cc1C(C)(C)C. The van der Waals surface area contributed by atoms with E-state index in [0.717, 1.165) is 67.4 Å². The summed E-state index contributed by atoms with van der Waals surface area (Å²) in [7, 11) is -3.53. The summed E-state index contributed by atoms with van der Waals surface area (Å²) >= 11 is 0. The molecule has 0 atom stereocenters. The summed E-state index contributed by atoms with van der Waals surface area (Å²) in [6.07, 6.45) is 5.13. The molecular formula is C52H54N6O10S2. The zero-order valence-corrected chi connectivity index (χ0v) is 42.0. The maximum Gasteiger partial charge on any atom is 0.332 e. The van der Waals surface area contributed by atoms with Crippen molar-refractivity contribution in [1.82, 2.24) is 19.1 Å². The molecule has 0 saturated heterocycles. The van der Waals surface area contributed by atoms with E-state index in [-0.39, 0.29) is 10.8 Å². The van der Waals surface area contributed by atoms with Gasteiger partial charge < -0.3 is 9.47 Å². The summed E-state index contributed by atoms with van der Waals surface area (Å²) in [6, 6.07) is 32.4. The topological polar surface area (TPSA) is 221 Å². The first-order valence-electron chi connectivity index (χ1n) is 21.8. The Morgan fingerprint density at radius 3 is 1.13 bits per heavy atom. The lowest BCUT2D eigenvalue weighted by Gasteiger charge is -2.25. The van der Waals surface area contributed by atoms with Crippen LogP contribution in [0.1, 0.15) is 52.7 Å². The third-order valence-corrected chi connectivity index (χ3v) is 12.5. The number of fused-ring (bicyclic) bond motifs is 2. The maximum absolute atomic E-state index is 12.5. The van der Waals surface area contributed by atoms with Crippen LogP contribution in [0.4, 0.5) is 11.4 Å². The largest absolute Gasteiger partial charge is 0.496 e. The molecule has 8 rings (SSSR count). The lowest BCUT2D eigenvalue weighted by atomic mass is 9.83. The minimum atomic E-state index is -3.38. The molecule has 16 nitrogen and oxygen atoms in total. The van der Waals surface area contributed by atoms with E-state index in [0.29, 0.717) is 34.2 Å². The fourth-order valence-electron chi connectivity index (χ4n) is 8.11. The lowest BCUT2D eigenvalue weighted by Crippen LogP contribution is -2.27. The molecule has 8 aromatic rings. The van der Waals surface area contributed by atoms with Gasteiger partial charge in [-0.1, -0.05) is 77.9 Å². The van der Waals surface area contributed by atoms with E-state index in [1.165, 1.54) is 33.7 Å². The number of methoxy groups -OCH3 is 2. The van der Waals surface area contributed by atoms with Gasteiger partial charge in [0.15, 0.2) is 0 Å². The molecule has 0 fully saturated rings. The van der Waals surface area contributed by atoms with Crippen LogP contribution in [-0.2, 0) is 30.9 Å². The normalized spacial score (nSPS) is 12.0. The van der Waals surface area contributed by atoms with Gasteiger partial charge in [-0.25, -0.2) is 26.4 Å². The number of hydrogen-bond acceptors (Lipinski definition) is 10. The summed E-state index contributed by atoms with van der Waals surface area (Å²) in [5.41, 5.74) is 4.68. The predicted octanol–water partition coefficient (Wildman–Crippen LogP) is 8.05. The van der Waals surface area contributed by atoms with E-state index < -0.39 is 42.5 Å². The van der Waals surface area contributed by atoms with Crippen LogP contribution in [0.2, 0.25) is 0 Å². The highest BCUT2D eigenvalue weighted by atomic mass is 32.2. The maximum atomic E-state index is 12.5. The first kappa shape index (κ1) is 50.2. The van der Waals surface area contributed by atoms with Gasteiger partial charge in [0, 0.05) is 58.2 Å². The van der Waals surface area contributed by atoms with E-state index in [4.69, 9.17) is 9.47 Å². The van der Waals surface area contributed by atoms with Gasteiger partial charge in [0.2, 0.25) is 20.0 Å². The van der Waals surface area contributed by atoms with Gasteiger partial charge in [0.05, 0.1) is 38.1 Å². The van der Waals surface area contributed by atoms with Crippen molar-refractivity contribution in [2.75, 3.05) is 36.2 Å². The fraction of sp³-hybridized carbons (Fsp3) is 0.231. The third-order valence-electron chi connectivity index (χ3n) is 11.3. The second kappa shape index (κ2) is 19.0. The van der Waals surface area contributed by atoms with Gasteiger partial charge in [-0.05, 0) is 104 Å². The second-order valence-electron chi connectivity index (χ2n) is 18.9. The van der Waals surface area contributed by atoms with E-state index in [9.17, 15) is 36.0 Å². The number of aromatic nitrogens is 4. The lowest BCUT2D eigenvalue weighted by molar-refractivity contribution is 0.399. The van der Waals surface area contributed by atoms with Crippen LogP contribution >= 0.6 is 0 Å². The van der Waals surface area contributed by atoms with Crippen LogP contribution < -0.4 is 41.4 Å². The average Bonchev–Trinajstić information content (AvgIpc) is 3.26. The molecule has 4 N–H and O–H groups in total. The number of sulfonamides is 2. The number of hydrogen-bond donors (Lipinski definition) is 4. The van der Waals surface area contributed by atoms with E-state index in [1.807, 2.05) is 72.8 Å². The second-order valence-corrected chi connectivity index (χ2v) is 22.4. The van der Waals surface area contributed by atoms with Crippen LogP contribution in [-0.4, -0.2) is 62.7 Å². The summed E-state index contributed by atoms with van der Waals surface area (Å²) in [5.74, 6) is 1.38. The van der Waals surface area contributed by atoms with Crippen molar-refractivity contribution in [3.63, 3.8) is 0 Å². The molecule has 2 heterocycles. The van der Waals surface area contributed by atoms with E-state index >= 15 is 0 Å². The first-order valence-corrected chi connectivity index (χ1v) is 25.6. The number of ether oxygens (including phenoxy) is 2. The molecule has 70 heavy (non-hydrogen) atoms. The highest BCUT2D eigenvalue weighted by molar-refractivity contribution is 7.92. The Balaban J connectivity index is 0.000000206. The Bertz CT molecular complexity index is 3570. The average molecular weight is 987 g/mol. The number of nitrogens with one attached hydrogen (secondary N) is 4. The number of nitrogens with zero attached hydrogens (tertiary/aromatic N) is 2. The molecule has 0 radical (unpaired) electrons. The third kappa shape index (κ3) is 11.4. The molecule has 0 unspecified atom stereocenters. The van der Waals surface area contributed by atoms with Crippen molar-refractivity contribution in [3.8, 4) is 45.1 Å². The Morgan fingerprint density at radius 1 is 0.471 bits per heavy atom. The Kier molecular flexibility index (Phi) is 13.6. The summed E-state index contributed by atoms with van der Waals surface area (Å²) in [5, 5.41) is 3.55. The fourth-order valence-corrected chi connectivity index (χ4v) is 9.22. The summed E-state index contributed by atoms with van der Waals surface area (Å²) in [6.45, 7) is 12.4. The molecule has 0 aliphatic rings. The van der Waals surface area contributed by atoms with Gasteiger partial charge in [-0.3, -0.25) is 38.1 Å². The van der Waals surface area contributed by atoms with Gasteiger partial charge >= 0.3 is 11.4 Å². The zero-order valence-electron chi connectivity index (χ0n) is 40.3. The van der Waals surface area contributed by atoms with Crippen molar-refractivity contribution < 1.29 is 26.3 Å². The highest BCUT2D eigenvalue weighted by Crippen LogP contribution is 2.43. The summed E-state index contributed by atoms with van der Waals surface area (Å²) in [4.78, 5) is 52.8. The number of rotatable bonds is 10. The molecular weight excluding hydrogens is 933 g/mol. The van der Waals surface area contributed by atoms with Gasteiger partial charge in [-0.2, -0.15) is 0 Å². The van der Waals surface area contributed by atoms with Crippen molar-refractivity contribution in [2.45, 2.75) is 52.4 Å². The van der Waals surface area contributed by atoms with Crippen LogP contribution in [0.15, 0.2) is 141 Å². The molecule has 18 heteroatoms. The minimum absolute atomic E-state index is 0.301. The molecule has 0 aliphatic heterocycles. The van der Waals surface area contributed by atoms with Crippen LogP contribution in [0.5, 0.6) is 11.5 Å². The van der Waals surface area contributed by atoms with Gasteiger partial charge in [0.1, 0.15) is 11.5 Å². The quantitative estimate of drug-likeness (QED) is 0.103. The van der Waals surface area contributed by atoms with Crippen LogP contribution in [0.3, 0.4) is 0 Å². The molecule has 0 spiro atoms. The number of H-pyrrole nitrogens is 2. The van der Waals surface area contributed by atoms with Crippen molar-refractivity contribution >= 4 is 53.0 Å². The minimum Gasteiger partial charge on any atom is -0.496 e. The Hall–Kier alpha value is -7.70. The summed E-state index contributed by atoms with van der Waals surface area (Å²) < 4.78 is 65.8. The molecule has 2 aromatic heterocycles. The molecule has 6 aromatic carbocycles. The molecule has 0 amide bonds. The number of benzene rings is 6. The van der Waals surface area contributed by atoms with Gasteiger partial charge in [-0.15, -0.1) is 0 Å². The first-order chi connectivity index (χ1) is 32.7. The predicted molar refractivity (Wildman–Crippen MR) is 279 cm³/mol. The molecule has 0 aliphatic carbocycles. The number of anilines is 2.